The lowest BCUT2D eigenvalue weighted by Gasteiger charge is -2.11. The van der Waals surface area contributed by atoms with Gasteiger partial charge in [0.05, 0.1) is 12.3 Å². The zero-order chi connectivity index (χ0) is 11.4. The summed E-state index contributed by atoms with van der Waals surface area (Å²) in [6.07, 6.45) is -0.419. The number of carbonyl (C=O) groups is 2. The molecule has 0 spiro atoms. The second-order valence-electron chi connectivity index (χ2n) is 3.01. The molecule has 1 atom stereocenters. The van der Waals surface area contributed by atoms with Crippen molar-refractivity contribution >= 4 is 27.9 Å². The minimum atomic E-state index is -1.13. The van der Waals surface area contributed by atoms with Crippen LogP contribution in [-0.2, 0) is 9.59 Å². The van der Waals surface area contributed by atoms with Gasteiger partial charge in [0.25, 0.3) is 0 Å². The molecule has 0 aliphatic carbocycles. The summed E-state index contributed by atoms with van der Waals surface area (Å²) in [5.74, 6) is -3.28. The van der Waals surface area contributed by atoms with Gasteiger partial charge in [-0.15, -0.1) is 0 Å². The van der Waals surface area contributed by atoms with Gasteiger partial charge in [0, 0.05) is 4.47 Å². The molecule has 15 heavy (non-hydrogen) atoms. The molecule has 0 amide bonds. The first kappa shape index (κ1) is 11.7. The summed E-state index contributed by atoms with van der Waals surface area (Å²) in [6.45, 7) is 0. The van der Waals surface area contributed by atoms with Gasteiger partial charge in [0.2, 0.25) is 0 Å². The minimum Gasteiger partial charge on any atom is -0.481 e. The predicted octanol–water partition coefficient (Wildman–Crippen LogP) is 2.09. The quantitative estimate of drug-likeness (QED) is 0.880. The fraction of sp³-hybridized carbons (Fsp3) is 0.200. The fourth-order valence-electron chi connectivity index (χ4n) is 1.26. The van der Waals surface area contributed by atoms with Crippen LogP contribution in [0, 0.1) is 0 Å². The zero-order valence-electron chi connectivity index (χ0n) is 7.68. The molecule has 0 aromatic heterocycles. The molecule has 0 heterocycles. The average Bonchev–Trinajstić information content (AvgIpc) is 2.15. The Hall–Kier alpha value is -1.36. The largest absolute Gasteiger partial charge is 0.481 e. The summed E-state index contributed by atoms with van der Waals surface area (Å²) in [5, 5.41) is 17.5. The highest BCUT2D eigenvalue weighted by Crippen LogP contribution is 2.27. The lowest BCUT2D eigenvalue weighted by atomic mass is 9.96. The van der Waals surface area contributed by atoms with Crippen molar-refractivity contribution in [2.75, 3.05) is 0 Å². The van der Waals surface area contributed by atoms with Gasteiger partial charge >= 0.3 is 11.9 Å². The molecule has 4 nitrogen and oxygen atoms in total. The van der Waals surface area contributed by atoms with Gasteiger partial charge in [-0.25, -0.2) is 0 Å². The first-order valence-corrected chi connectivity index (χ1v) is 5.00. The molecule has 2 N–H and O–H groups in total. The molecule has 1 unspecified atom stereocenters. The highest BCUT2D eigenvalue weighted by molar-refractivity contribution is 9.10. The highest BCUT2D eigenvalue weighted by atomic mass is 79.9. The summed E-state index contributed by atoms with van der Waals surface area (Å²) in [7, 11) is 0. The Morgan fingerprint density at radius 3 is 2.33 bits per heavy atom. The second kappa shape index (κ2) is 4.93. The summed E-state index contributed by atoms with van der Waals surface area (Å²) in [4.78, 5) is 21.4. The van der Waals surface area contributed by atoms with Crippen molar-refractivity contribution in [2.24, 2.45) is 0 Å². The summed E-state index contributed by atoms with van der Waals surface area (Å²) in [6, 6.07) is 6.71. The molecule has 0 fully saturated rings. The lowest BCUT2D eigenvalue weighted by molar-refractivity contribution is -0.145. The van der Waals surface area contributed by atoms with E-state index in [2.05, 4.69) is 15.9 Å². The van der Waals surface area contributed by atoms with Crippen molar-refractivity contribution in [3.05, 3.63) is 34.3 Å². The van der Waals surface area contributed by atoms with Gasteiger partial charge in [-0.2, -0.15) is 0 Å². The van der Waals surface area contributed by atoms with E-state index in [4.69, 9.17) is 10.2 Å². The van der Waals surface area contributed by atoms with E-state index in [0.717, 1.165) is 0 Å². The number of halogens is 1. The number of rotatable bonds is 4. The Labute approximate surface area is 94.7 Å². The molecule has 80 valence electrons. The van der Waals surface area contributed by atoms with Crippen molar-refractivity contribution in [3.63, 3.8) is 0 Å². The summed E-state index contributed by atoms with van der Waals surface area (Å²) in [5.41, 5.74) is 0.479. The van der Waals surface area contributed by atoms with E-state index >= 15 is 0 Å². The third-order valence-corrected chi connectivity index (χ3v) is 2.68. The number of aliphatic carboxylic acids is 2. The van der Waals surface area contributed by atoms with Crippen LogP contribution in [0.4, 0.5) is 0 Å². The topological polar surface area (TPSA) is 74.6 Å². The molecular formula is C10H9BrO4. The first-order chi connectivity index (χ1) is 7.02. The van der Waals surface area contributed by atoms with Gasteiger partial charge in [-0.3, -0.25) is 9.59 Å². The van der Waals surface area contributed by atoms with E-state index in [0.29, 0.717) is 10.0 Å². The first-order valence-electron chi connectivity index (χ1n) is 4.21. The van der Waals surface area contributed by atoms with Crippen LogP contribution >= 0.6 is 15.9 Å². The third kappa shape index (κ3) is 3.06. The standard InChI is InChI=1S/C10H9BrO4/c11-8-4-2-1-3-6(8)7(10(14)15)5-9(12)13/h1-4,7H,5H2,(H,12,13)(H,14,15). The average molecular weight is 273 g/mol. The Bertz CT molecular complexity index is 389. The maximum absolute atomic E-state index is 10.9. The maximum atomic E-state index is 10.9. The Morgan fingerprint density at radius 2 is 1.87 bits per heavy atom. The van der Waals surface area contributed by atoms with Crippen LogP contribution in [0.25, 0.3) is 0 Å². The minimum absolute atomic E-state index is 0.419. The number of carboxylic acids is 2. The molecule has 0 bridgehead atoms. The fourth-order valence-corrected chi connectivity index (χ4v) is 1.82. The van der Waals surface area contributed by atoms with Gasteiger partial charge in [-0.1, -0.05) is 34.1 Å². The molecule has 0 aliphatic heterocycles. The molecule has 0 aliphatic rings. The normalized spacial score (nSPS) is 12.1. The SMILES string of the molecule is O=C(O)CC(C(=O)O)c1ccccc1Br. The molecule has 1 rings (SSSR count). The van der Waals surface area contributed by atoms with Crippen molar-refractivity contribution in [1.29, 1.82) is 0 Å². The zero-order valence-corrected chi connectivity index (χ0v) is 9.27. The number of hydrogen-bond donors (Lipinski definition) is 2. The van der Waals surface area contributed by atoms with Gasteiger partial charge in [0.15, 0.2) is 0 Å². The van der Waals surface area contributed by atoms with Crippen LogP contribution in [0.2, 0.25) is 0 Å². The maximum Gasteiger partial charge on any atom is 0.311 e. The summed E-state index contributed by atoms with van der Waals surface area (Å²) >= 11 is 3.20. The van der Waals surface area contributed by atoms with Gasteiger partial charge < -0.3 is 10.2 Å². The van der Waals surface area contributed by atoms with Crippen LogP contribution in [0.1, 0.15) is 17.9 Å². The van der Waals surface area contributed by atoms with Crippen molar-refractivity contribution in [3.8, 4) is 0 Å². The predicted molar refractivity (Wildman–Crippen MR) is 56.8 cm³/mol. The van der Waals surface area contributed by atoms with Gasteiger partial charge in [-0.05, 0) is 11.6 Å². The van der Waals surface area contributed by atoms with E-state index in [-0.39, 0.29) is 0 Å². The van der Waals surface area contributed by atoms with E-state index in [1.165, 1.54) is 0 Å². The molecule has 1 aromatic carbocycles. The smallest absolute Gasteiger partial charge is 0.311 e. The highest BCUT2D eigenvalue weighted by Gasteiger charge is 2.24. The van der Waals surface area contributed by atoms with E-state index < -0.39 is 24.3 Å². The van der Waals surface area contributed by atoms with Crippen molar-refractivity contribution in [2.45, 2.75) is 12.3 Å². The molecule has 1 aromatic rings. The van der Waals surface area contributed by atoms with E-state index in [1.54, 1.807) is 24.3 Å². The Morgan fingerprint density at radius 1 is 1.27 bits per heavy atom. The number of hydrogen-bond acceptors (Lipinski definition) is 2. The molecule has 5 heteroatoms. The number of carboxylic acid groups (broad SMARTS) is 2. The van der Waals surface area contributed by atoms with Crippen LogP contribution in [-0.4, -0.2) is 22.2 Å². The van der Waals surface area contributed by atoms with Crippen LogP contribution in [0.5, 0.6) is 0 Å². The van der Waals surface area contributed by atoms with Crippen molar-refractivity contribution in [1.82, 2.24) is 0 Å². The summed E-state index contributed by atoms with van der Waals surface area (Å²) < 4.78 is 0.610. The lowest BCUT2D eigenvalue weighted by Crippen LogP contribution is -2.16. The second-order valence-corrected chi connectivity index (χ2v) is 3.86. The molecular weight excluding hydrogens is 264 g/mol. The monoisotopic (exact) mass is 272 g/mol. The molecule has 0 radical (unpaired) electrons. The van der Waals surface area contributed by atoms with Crippen LogP contribution in [0.15, 0.2) is 28.7 Å². The van der Waals surface area contributed by atoms with E-state index in [9.17, 15) is 9.59 Å². The van der Waals surface area contributed by atoms with Gasteiger partial charge in [0.1, 0.15) is 0 Å². The van der Waals surface area contributed by atoms with E-state index in [1.807, 2.05) is 0 Å². The van der Waals surface area contributed by atoms with Crippen LogP contribution in [0.3, 0.4) is 0 Å². The molecule has 0 saturated carbocycles. The van der Waals surface area contributed by atoms with Crippen molar-refractivity contribution < 1.29 is 19.8 Å². The third-order valence-electron chi connectivity index (χ3n) is 1.96. The number of benzene rings is 1. The Balaban J connectivity index is 3.04. The molecule has 0 saturated heterocycles. The Kier molecular flexibility index (Phi) is 3.85. The van der Waals surface area contributed by atoms with Crippen LogP contribution < -0.4 is 0 Å².